The first-order valence-corrected chi connectivity index (χ1v) is 7.69. The molecule has 0 aliphatic heterocycles. The first-order valence-electron chi connectivity index (χ1n) is 5.42. The number of carboxylic acids is 1. The summed E-state index contributed by atoms with van der Waals surface area (Å²) in [6.07, 6.45) is 0. The van der Waals surface area contributed by atoms with E-state index in [2.05, 4.69) is 20.7 Å². The number of hydrogen-bond donors (Lipinski definition) is 2. The van der Waals surface area contributed by atoms with Crippen LogP contribution in [0.3, 0.4) is 0 Å². The topological polar surface area (TPSA) is 96.6 Å². The van der Waals surface area contributed by atoms with Gasteiger partial charge < -0.3 is 9.52 Å². The largest absolute Gasteiger partial charge is 0.475 e. The summed E-state index contributed by atoms with van der Waals surface area (Å²) in [4.78, 5) is 10.5. The maximum atomic E-state index is 12.1. The SMILES string of the molecule is Cc1ccc(NS(=O)(=O)c2cc(C(=O)O)oc2Br)cc1. The monoisotopic (exact) mass is 359 g/mol. The molecular weight excluding hydrogens is 350 g/mol. The number of aryl methyl sites for hydroxylation is 1. The maximum absolute atomic E-state index is 12.1. The average Bonchev–Trinajstić information content (AvgIpc) is 2.75. The summed E-state index contributed by atoms with van der Waals surface area (Å²) in [5.41, 5.74) is 1.37. The number of nitrogens with one attached hydrogen (secondary N) is 1. The molecule has 106 valence electrons. The molecule has 0 aliphatic carbocycles. The number of sulfonamides is 1. The van der Waals surface area contributed by atoms with Crippen LogP contribution in [0, 0.1) is 6.92 Å². The second-order valence-corrected chi connectivity index (χ2v) is 6.40. The number of halogens is 1. The van der Waals surface area contributed by atoms with Gasteiger partial charge in [0.25, 0.3) is 10.0 Å². The second kappa shape index (κ2) is 5.29. The fourth-order valence-corrected chi connectivity index (χ4v) is 3.47. The number of hydrogen-bond acceptors (Lipinski definition) is 4. The van der Waals surface area contributed by atoms with Gasteiger partial charge in [0.2, 0.25) is 5.76 Å². The van der Waals surface area contributed by atoms with Crippen molar-refractivity contribution >= 4 is 37.6 Å². The number of rotatable bonds is 4. The van der Waals surface area contributed by atoms with Crippen molar-refractivity contribution in [2.24, 2.45) is 0 Å². The van der Waals surface area contributed by atoms with Gasteiger partial charge in [-0.2, -0.15) is 0 Å². The Bertz CT molecular complexity index is 749. The van der Waals surface area contributed by atoms with Crippen LogP contribution in [-0.2, 0) is 10.0 Å². The van der Waals surface area contributed by atoms with Gasteiger partial charge in [0, 0.05) is 11.8 Å². The van der Waals surface area contributed by atoms with E-state index in [0.29, 0.717) is 5.69 Å². The summed E-state index contributed by atoms with van der Waals surface area (Å²) in [6.45, 7) is 1.88. The highest BCUT2D eigenvalue weighted by molar-refractivity contribution is 9.10. The van der Waals surface area contributed by atoms with Gasteiger partial charge >= 0.3 is 5.97 Å². The van der Waals surface area contributed by atoms with Gasteiger partial charge in [-0.3, -0.25) is 4.72 Å². The first kappa shape index (κ1) is 14.6. The molecule has 0 saturated heterocycles. The molecule has 2 aromatic rings. The lowest BCUT2D eigenvalue weighted by molar-refractivity contribution is 0.0661. The average molecular weight is 360 g/mol. The van der Waals surface area contributed by atoms with E-state index >= 15 is 0 Å². The number of carbonyl (C=O) groups is 1. The summed E-state index contributed by atoms with van der Waals surface area (Å²) < 4.78 is 31.3. The van der Waals surface area contributed by atoms with Crippen LogP contribution in [0.4, 0.5) is 5.69 Å². The predicted octanol–water partition coefficient (Wildman–Crippen LogP) is 2.85. The first-order chi connectivity index (χ1) is 9.29. The van der Waals surface area contributed by atoms with Gasteiger partial charge in [-0.05, 0) is 35.0 Å². The molecule has 0 bridgehead atoms. The molecule has 8 heteroatoms. The van der Waals surface area contributed by atoms with E-state index in [1.54, 1.807) is 24.3 Å². The van der Waals surface area contributed by atoms with Crippen LogP contribution in [-0.4, -0.2) is 19.5 Å². The van der Waals surface area contributed by atoms with E-state index < -0.39 is 21.8 Å². The normalized spacial score (nSPS) is 11.3. The summed E-state index contributed by atoms with van der Waals surface area (Å²) in [5, 5.41) is 8.78. The lowest BCUT2D eigenvalue weighted by atomic mass is 10.2. The van der Waals surface area contributed by atoms with Crippen molar-refractivity contribution in [3.63, 3.8) is 0 Å². The Morgan fingerprint density at radius 3 is 2.40 bits per heavy atom. The van der Waals surface area contributed by atoms with Gasteiger partial charge in [-0.25, -0.2) is 13.2 Å². The number of carboxylic acid groups (broad SMARTS) is 1. The molecule has 20 heavy (non-hydrogen) atoms. The number of anilines is 1. The minimum absolute atomic E-state index is 0.158. The third-order valence-electron chi connectivity index (χ3n) is 2.46. The Hall–Kier alpha value is -1.80. The molecule has 1 aromatic heterocycles. The Morgan fingerprint density at radius 1 is 1.30 bits per heavy atom. The summed E-state index contributed by atoms with van der Waals surface area (Å²) in [5.74, 6) is -1.80. The van der Waals surface area contributed by atoms with Gasteiger partial charge in [-0.1, -0.05) is 17.7 Å². The Labute approximate surface area is 123 Å². The Balaban J connectivity index is 2.35. The second-order valence-electron chi connectivity index (χ2n) is 4.03. The lowest BCUT2D eigenvalue weighted by Gasteiger charge is -2.06. The maximum Gasteiger partial charge on any atom is 0.371 e. The smallest absolute Gasteiger partial charge is 0.371 e. The fourth-order valence-electron chi connectivity index (χ4n) is 1.47. The zero-order chi connectivity index (χ0) is 14.9. The molecule has 0 saturated carbocycles. The van der Waals surface area contributed by atoms with Crippen LogP contribution in [0.15, 0.2) is 44.3 Å². The van der Waals surface area contributed by atoms with E-state index in [9.17, 15) is 13.2 Å². The molecule has 0 amide bonds. The van der Waals surface area contributed by atoms with Crippen molar-refractivity contribution < 1.29 is 22.7 Å². The molecule has 0 spiro atoms. The zero-order valence-corrected chi connectivity index (χ0v) is 12.7. The van der Waals surface area contributed by atoms with Crippen LogP contribution in [0.5, 0.6) is 0 Å². The summed E-state index contributed by atoms with van der Waals surface area (Å²) in [7, 11) is -3.92. The van der Waals surface area contributed by atoms with Gasteiger partial charge in [-0.15, -0.1) is 0 Å². The molecule has 2 rings (SSSR count). The van der Waals surface area contributed by atoms with E-state index in [1.807, 2.05) is 6.92 Å². The molecule has 0 radical (unpaired) electrons. The van der Waals surface area contributed by atoms with Gasteiger partial charge in [0.05, 0.1) is 0 Å². The van der Waals surface area contributed by atoms with Crippen molar-refractivity contribution in [1.29, 1.82) is 0 Å². The fraction of sp³-hybridized carbons (Fsp3) is 0.0833. The van der Waals surface area contributed by atoms with E-state index in [-0.39, 0.29) is 9.56 Å². The van der Waals surface area contributed by atoms with Crippen LogP contribution in [0.1, 0.15) is 16.1 Å². The molecule has 1 heterocycles. The standard InChI is InChI=1S/C12H10BrNO5S/c1-7-2-4-8(5-3-7)14-20(17,18)10-6-9(12(15)16)19-11(10)13/h2-6,14H,1H3,(H,15,16). The number of aromatic carboxylic acids is 1. The lowest BCUT2D eigenvalue weighted by Crippen LogP contribution is -2.12. The van der Waals surface area contributed by atoms with Crippen LogP contribution in [0.25, 0.3) is 0 Å². The quantitative estimate of drug-likeness (QED) is 0.874. The molecular formula is C12H10BrNO5S. The third-order valence-corrected chi connectivity index (χ3v) is 4.70. The van der Waals surface area contributed by atoms with E-state index in [1.165, 1.54) is 0 Å². The highest BCUT2D eigenvalue weighted by Crippen LogP contribution is 2.28. The molecule has 6 nitrogen and oxygen atoms in total. The summed E-state index contributed by atoms with van der Waals surface area (Å²) >= 11 is 2.90. The molecule has 1 aromatic carbocycles. The highest BCUT2D eigenvalue weighted by Gasteiger charge is 2.24. The van der Waals surface area contributed by atoms with Crippen LogP contribution in [0.2, 0.25) is 0 Å². The van der Waals surface area contributed by atoms with Crippen molar-refractivity contribution in [2.45, 2.75) is 11.8 Å². The summed E-state index contributed by atoms with van der Waals surface area (Å²) in [6, 6.07) is 7.68. The van der Waals surface area contributed by atoms with E-state index in [4.69, 9.17) is 9.52 Å². The minimum atomic E-state index is -3.92. The van der Waals surface area contributed by atoms with Gasteiger partial charge in [0.1, 0.15) is 4.90 Å². The zero-order valence-electron chi connectivity index (χ0n) is 10.3. The predicted molar refractivity (Wildman–Crippen MR) is 75.4 cm³/mol. The van der Waals surface area contributed by atoms with E-state index in [0.717, 1.165) is 11.6 Å². The van der Waals surface area contributed by atoms with Crippen LogP contribution >= 0.6 is 15.9 Å². The molecule has 0 fully saturated rings. The molecule has 0 aliphatic rings. The number of benzene rings is 1. The van der Waals surface area contributed by atoms with Crippen LogP contribution < -0.4 is 4.72 Å². The molecule has 0 atom stereocenters. The minimum Gasteiger partial charge on any atom is -0.475 e. The van der Waals surface area contributed by atoms with Crippen molar-refractivity contribution in [3.8, 4) is 0 Å². The van der Waals surface area contributed by atoms with Gasteiger partial charge in [0.15, 0.2) is 4.67 Å². The van der Waals surface area contributed by atoms with Crippen molar-refractivity contribution in [3.05, 3.63) is 46.3 Å². The number of furan rings is 1. The van der Waals surface area contributed by atoms with Crippen molar-refractivity contribution in [1.82, 2.24) is 0 Å². The third kappa shape index (κ3) is 3.02. The van der Waals surface area contributed by atoms with Crippen molar-refractivity contribution in [2.75, 3.05) is 4.72 Å². The Morgan fingerprint density at radius 2 is 1.90 bits per heavy atom. The molecule has 0 unspecified atom stereocenters. The Kier molecular flexibility index (Phi) is 3.87. The highest BCUT2D eigenvalue weighted by atomic mass is 79.9. The molecule has 2 N–H and O–H groups in total.